The van der Waals surface area contributed by atoms with Gasteiger partial charge in [0.05, 0.1) is 13.4 Å². The van der Waals surface area contributed by atoms with E-state index in [1.807, 2.05) is 0 Å². The lowest BCUT2D eigenvalue weighted by Crippen LogP contribution is -2.05. The Morgan fingerprint density at radius 3 is 2.79 bits per heavy atom. The number of benzene rings is 1. The topological polar surface area (TPSA) is 87.6 Å². The van der Waals surface area contributed by atoms with Crippen molar-refractivity contribution in [2.75, 3.05) is 7.11 Å². The van der Waals surface area contributed by atoms with E-state index in [-0.39, 0.29) is 24.1 Å². The minimum absolute atomic E-state index is 0.0562. The van der Waals surface area contributed by atoms with Crippen LogP contribution in [0.5, 0.6) is 6.08 Å². The van der Waals surface area contributed by atoms with E-state index in [1.165, 1.54) is 31.6 Å². The first-order valence-corrected chi connectivity index (χ1v) is 7.00. The van der Waals surface area contributed by atoms with Crippen LogP contribution in [0.4, 0.5) is 4.39 Å². The van der Waals surface area contributed by atoms with Crippen LogP contribution >= 0.6 is 0 Å². The molecule has 0 bridgehead atoms. The van der Waals surface area contributed by atoms with E-state index >= 15 is 0 Å². The number of furan rings is 1. The summed E-state index contributed by atoms with van der Waals surface area (Å²) >= 11 is 0. The summed E-state index contributed by atoms with van der Waals surface area (Å²) in [6.45, 7) is -0.0599. The van der Waals surface area contributed by atoms with E-state index in [0.29, 0.717) is 18.0 Å². The third-order valence-corrected chi connectivity index (χ3v) is 3.20. The SMILES string of the molecule is COC(=O)c1ccoc1COc1nc(Cc2ccc(F)cc2)no1. The second-order valence-electron chi connectivity index (χ2n) is 4.82. The maximum absolute atomic E-state index is 12.9. The minimum atomic E-state index is -0.523. The van der Waals surface area contributed by atoms with Gasteiger partial charge in [-0.15, -0.1) is 0 Å². The third-order valence-electron chi connectivity index (χ3n) is 3.20. The Labute approximate surface area is 136 Å². The summed E-state index contributed by atoms with van der Waals surface area (Å²) in [4.78, 5) is 15.6. The zero-order chi connectivity index (χ0) is 16.9. The second kappa shape index (κ2) is 6.95. The Morgan fingerprint density at radius 1 is 1.25 bits per heavy atom. The summed E-state index contributed by atoms with van der Waals surface area (Å²) in [7, 11) is 1.28. The van der Waals surface area contributed by atoms with Crippen molar-refractivity contribution in [3.05, 3.63) is 65.1 Å². The maximum Gasteiger partial charge on any atom is 0.417 e. The Hall–Kier alpha value is -3.16. The molecule has 8 heteroatoms. The van der Waals surface area contributed by atoms with Gasteiger partial charge in [-0.1, -0.05) is 17.3 Å². The lowest BCUT2D eigenvalue weighted by atomic mass is 10.1. The highest BCUT2D eigenvalue weighted by Crippen LogP contribution is 2.16. The summed E-state index contributed by atoms with van der Waals surface area (Å²) in [6, 6.07) is 7.48. The summed E-state index contributed by atoms with van der Waals surface area (Å²) in [6.07, 6.45) is 1.68. The van der Waals surface area contributed by atoms with Crippen molar-refractivity contribution in [3.63, 3.8) is 0 Å². The van der Waals surface area contributed by atoms with E-state index in [4.69, 9.17) is 13.7 Å². The van der Waals surface area contributed by atoms with Gasteiger partial charge in [-0.2, -0.15) is 4.98 Å². The fourth-order valence-corrected chi connectivity index (χ4v) is 2.02. The number of carbonyl (C=O) groups is 1. The first-order valence-electron chi connectivity index (χ1n) is 7.00. The van der Waals surface area contributed by atoms with E-state index < -0.39 is 5.97 Å². The van der Waals surface area contributed by atoms with Gasteiger partial charge in [0.25, 0.3) is 0 Å². The fourth-order valence-electron chi connectivity index (χ4n) is 2.02. The number of rotatable bonds is 6. The first kappa shape index (κ1) is 15.7. The molecule has 2 heterocycles. The lowest BCUT2D eigenvalue weighted by molar-refractivity contribution is 0.0594. The average Bonchev–Trinajstić information content (AvgIpc) is 3.23. The Morgan fingerprint density at radius 2 is 2.04 bits per heavy atom. The van der Waals surface area contributed by atoms with Gasteiger partial charge in [-0.25, -0.2) is 9.18 Å². The first-order chi connectivity index (χ1) is 11.7. The molecule has 0 fully saturated rings. The van der Waals surface area contributed by atoms with Crippen LogP contribution in [0.3, 0.4) is 0 Å². The number of carbonyl (C=O) groups excluding carboxylic acids is 1. The quantitative estimate of drug-likeness (QED) is 0.641. The molecule has 0 atom stereocenters. The molecule has 0 saturated carbocycles. The molecule has 3 rings (SSSR count). The lowest BCUT2D eigenvalue weighted by Gasteiger charge is -2.00. The molecule has 0 spiro atoms. The molecule has 2 aromatic heterocycles. The summed E-state index contributed by atoms with van der Waals surface area (Å²) in [5.41, 5.74) is 1.10. The minimum Gasteiger partial charge on any atom is -0.465 e. The highest BCUT2D eigenvalue weighted by atomic mass is 19.1. The smallest absolute Gasteiger partial charge is 0.417 e. The van der Waals surface area contributed by atoms with Gasteiger partial charge < -0.3 is 13.9 Å². The molecule has 0 aliphatic rings. The molecule has 124 valence electrons. The summed E-state index contributed by atoms with van der Waals surface area (Å²) in [5.74, 6) is -0.148. The Kier molecular flexibility index (Phi) is 4.55. The maximum atomic E-state index is 12.9. The normalized spacial score (nSPS) is 10.6. The number of halogens is 1. The van der Waals surface area contributed by atoms with Crippen molar-refractivity contribution in [3.8, 4) is 6.08 Å². The molecular formula is C16H13FN2O5. The zero-order valence-electron chi connectivity index (χ0n) is 12.7. The fraction of sp³-hybridized carbons (Fsp3) is 0.188. The number of hydrogen-bond donors (Lipinski definition) is 0. The van der Waals surface area contributed by atoms with Crippen molar-refractivity contribution >= 4 is 5.97 Å². The molecule has 1 aromatic carbocycles. The van der Waals surface area contributed by atoms with Crippen molar-refractivity contribution in [2.45, 2.75) is 13.0 Å². The molecule has 24 heavy (non-hydrogen) atoms. The van der Waals surface area contributed by atoms with Crippen molar-refractivity contribution < 1.29 is 27.6 Å². The molecule has 3 aromatic rings. The van der Waals surface area contributed by atoms with Crippen LogP contribution in [0.15, 0.2) is 45.5 Å². The largest absolute Gasteiger partial charge is 0.465 e. The van der Waals surface area contributed by atoms with Gasteiger partial charge in [0.2, 0.25) is 0 Å². The van der Waals surface area contributed by atoms with E-state index in [0.717, 1.165) is 5.56 Å². The number of methoxy groups -OCH3 is 1. The van der Waals surface area contributed by atoms with Crippen molar-refractivity contribution in [1.82, 2.24) is 10.1 Å². The number of hydrogen-bond acceptors (Lipinski definition) is 7. The van der Waals surface area contributed by atoms with Gasteiger partial charge in [0.1, 0.15) is 11.4 Å². The van der Waals surface area contributed by atoms with Gasteiger partial charge >= 0.3 is 12.0 Å². The van der Waals surface area contributed by atoms with Crippen molar-refractivity contribution in [2.24, 2.45) is 0 Å². The number of nitrogens with zero attached hydrogens (tertiary/aromatic N) is 2. The number of aromatic nitrogens is 2. The molecule has 0 N–H and O–H groups in total. The Bertz CT molecular complexity index is 825. The summed E-state index contributed by atoms with van der Waals surface area (Å²) in [5, 5.41) is 3.78. The predicted octanol–water partition coefficient (Wildman–Crippen LogP) is 2.76. The van der Waals surface area contributed by atoms with Crippen LogP contribution in [0.2, 0.25) is 0 Å². The zero-order valence-corrected chi connectivity index (χ0v) is 12.7. The van der Waals surface area contributed by atoms with Crippen LogP contribution in [-0.2, 0) is 17.8 Å². The second-order valence-corrected chi connectivity index (χ2v) is 4.82. The Balaban J connectivity index is 1.61. The third kappa shape index (κ3) is 3.60. The van der Waals surface area contributed by atoms with Crippen LogP contribution in [0.25, 0.3) is 0 Å². The van der Waals surface area contributed by atoms with Crippen LogP contribution in [-0.4, -0.2) is 23.2 Å². The van der Waals surface area contributed by atoms with Crippen LogP contribution in [0.1, 0.15) is 27.5 Å². The van der Waals surface area contributed by atoms with E-state index in [2.05, 4.69) is 14.9 Å². The molecule has 0 aliphatic carbocycles. The highest BCUT2D eigenvalue weighted by molar-refractivity contribution is 5.90. The van der Waals surface area contributed by atoms with Crippen LogP contribution < -0.4 is 4.74 Å². The summed E-state index contributed by atoms with van der Waals surface area (Å²) < 4.78 is 33.0. The molecule has 0 unspecified atom stereocenters. The molecule has 7 nitrogen and oxygen atoms in total. The monoisotopic (exact) mass is 332 g/mol. The van der Waals surface area contributed by atoms with Gasteiger partial charge in [0.15, 0.2) is 18.2 Å². The van der Waals surface area contributed by atoms with Gasteiger partial charge in [-0.05, 0) is 23.8 Å². The molecule has 0 aliphatic heterocycles. The molecule has 0 radical (unpaired) electrons. The number of ether oxygens (including phenoxy) is 2. The number of esters is 1. The van der Waals surface area contributed by atoms with E-state index in [1.54, 1.807) is 12.1 Å². The highest BCUT2D eigenvalue weighted by Gasteiger charge is 2.17. The predicted molar refractivity (Wildman–Crippen MR) is 77.9 cm³/mol. The van der Waals surface area contributed by atoms with Crippen LogP contribution in [0, 0.1) is 5.82 Å². The van der Waals surface area contributed by atoms with E-state index in [9.17, 15) is 9.18 Å². The average molecular weight is 332 g/mol. The standard InChI is InChI=1S/C16H13FN2O5/c1-21-15(20)12-6-7-22-13(12)9-23-16-18-14(19-24-16)8-10-2-4-11(17)5-3-10/h2-7H,8-9H2,1H3. The molecule has 0 amide bonds. The molecular weight excluding hydrogens is 319 g/mol. The van der Waals surface area contributed by atoms with Gasteiger partial charge in [-0.3, -0.25) is 4.52 Å². The van der Waals surface area contributed by atoms with Crippen molar-refractivity contribution in [1.29, 1.82) is 0 Å². The van der Waals surface area contributed by atoms with Gasteiger partial charge in [0, 0.05) is 6.42 Å². The molecule has 0 saturated heterocycles.